The summed E-state index contributed by atoms with van der Waals surface area (Å²) < 4.78 is 0. The molecule has 0 unspecified atom stereocenters. The maximum Gasteiger partial charge on any atom is 0.320 e. The number of nitrogens with zero attached hydrogens (tertiary/aromatic N) is 1. The molecule has 18 heavy (non-hydrogen) atoms. The van der Waals surface area contributed by atoms with Crippen molar-refractivity contribution in [3.05, 3.63) is 0 Å². The number of quaternary nitrogens is 1. The average molecular weight is 257 g/mol. The molecule has 2 heterocycles. The van der Waals surface area contributed by atoms with Crippen molar-refractivity contribution < 1.29 is 25.2 Å². The second kappa shape index (κ2) is 4.69. The van der Waals surface area contributed by atoms with E-state index < -0.39 is 24.3 Å². The second-order valence-electron chi connectivity index (χ2n) is 4.34. The van der Waals surface area contributed by atoms with Crippen LogP contribution < -0.4 is 26.8 Å². The minimum Gasteiger partial charge on any atom is -0.544 e. The number of fused-ring (bicyclic) bond motifs is 1. The van der Waals surface area contributed by atoms with Crippen molar-refractivity contribution >= 4 is 18.0 Å². The molecule has 2 aliphatic heterocycles. The third-order valence-corrected chi connectivity index (χ3v) is 3.04. The van der Waals surface area contributed by atoms with Gasteiger partial charge in [-0.25, -0.2) is 9.59 Å². The molecule has 0 radical (unpaired) electrons. The molecule has 6 N–H and O–H groups in total. The molecule has 2 rings (SSSR count). The van der Waals surface area contributed by atoms with Crippen LogP contribution in [0, 0.1) is 0 Å². The first-order chi connectivity index (χ1) is 8.49. The molecule has 100 valence electrons. The Hall–Kier alpha value is -2.03. The van der Waals surface area contributed by atoms with Crippen LogP contribution in [0.2, 0.25) is 0 Å². The van der Waals surface area contributed by atoms with E-state index in [1.807, 2.05) is 0 Å². The summed E-state index contributed by atoms with van der Waals surface area (Å²) in [7, 11) is 0. The molecule has 0 spiro atoms. The Labute approximate surface area is 103 Å². The van der Waals surface area contributed by atoms with E-state index in [2.05, 4.69) is 21.7 Å². The van der Waals surface area contributed by atoms with Gasteiger partial charge in [0.15, 0.2) is 0 Å². The molecule has 3 atom stereocenters. The summed E-state index contributed by atoms with van der Waals surface area (Å²) >= 11 is 0. The normalized spacial score (nSPS) is 27.3. The lowest BCUT2D eigenvalue weighted by Gasteiger charge is -2.21. The lowest BCUT2D eigenvalue weighted by molar-refractivity contribution is -0.438. The Kier molecular flexibility index (Phi) is 3.24. The molecule has 2 saturated heterocycles. The Morgan fingerprint density at radius 2 is 2.11 bits per heavy atom. The molecule has 0 aromatic carbocycles. The number of hydrogen-bond acceptors (Lipinski definition) is 4. The second-order valence-corrected chi connectivity index (χ2v) is 4.34. The summed E-state index contributed by atoms with van der Waals surface area (Å²) in [5.41, 5.74) is 3.44. The number of carboxylic acid groups (broad SMARTS) is 1. The quantitative estimate of drug-likeness (QED) is 0.399. The lowest BCUT2D eigenvalue weighted by Crippen LogP contribution is -2.68. The molecule has 0 bridgehead atoms. The van der Waals surface area contributed by atoms with E-state index in [9.17, 15) is 19.5 Å². The van der Waals surface area contributed by atoms with E-state index in [1.165, 1.54) is 4.90 Å². The van der Waals surface area contributed by atoms with Gasteiger partial charge in [-0.3, -0.25) is 0 Å². The van der Waals surface area contributed by atoms with Crippen molar-refractivity contribution in [3.63, 3.8) is 0 Å². The van der Waals surface area contributed by atoms with Gasteiger partial charge in [-0.2, -0.15) is 0 Å². The van der Waals surface area contributed by atoms with E-state index in [0.717, 1.165) is 0 Å². The molecule has 2 aliphatic rings. The number of rotatable bonds is 5. The molecule has 9 nitrogen and oxygen atoms in total. The van der Waals surface area contributed by atoms with Gasteiger partial charge in [-0.1, -0.05) is 0 Å². The number of urea groups is 2. The highest BCUT2D eigenvalue weighted by molar-refractivity contribution is 5.84. The zero-order valence-corrected chi connectivity index (χ0v) is 9.64. The summed E-state index contributed by atoms with van der Waals surface area (Å²) in [5.74, 6) is -1.20. The topological polar surface area (TPSA) is 141 Å². The number of carbonyl (C=O) groups is 3. The van der Waals surface area contributed by atoms with Crippen LogP contribution in [0.5, 0.6) is 0 Å². The summed E-state index contributed by atoms with van der Waals surface area (Å²) in [4.78, 5) is 34.6. The predicted molar refractivity (Wildman–Crippen MR) is 55.4 cm³/mol. The largest absolute Gasteiger partial charge is 0.544 e. The summed E-state index contributed by atoms with van der Waals surface area (Å²) in [6.45, 7) is 0.355. The fourth-order valence-corrected chi connectivity index (χ4v) is 2.06. The van der Waals surface area contributed by atoms with Gasteiger partial charge in [-0.15, -0.1) is 0 Å². The lowest BCUT2D eigenvalue weighted by atomic mass is 10.1. The Morgan fingerprint density at radius 1 is 1.39 bits per heavy atom. The van der Waals surface area contributed by atoms with Gasteiger partial charge >= 0.3 is 12.1 Å². The first-order valence-electron chi connectivity index (χ1n) is 5.67. The minimum atomic E-state index is -1.20. The van der Waals surface area contributed by atoms with E-state index >= 15 is 0 Å². The number of carbonyl (C=O) groups excluding carboxylic acids is 3. The number of aliphatic carboxylic acids is 1. The van der Waals surface area contributed by atoms with Gasteiger partial charge in [0.25, 0.3) is 0 Å². The van der Waals surface area contributed by atoms with Crippen LogP contribution in [0.3, 0.4) is 0 Å². The predicted octanol–water partition coefficient (Wildman–Crippen LogP) is -3.88. The third-order valence-electron chi connectivity index (χ3n) is 3.04. The van der Waals surface area contributed by atoms with Crippen molar-refractivity contribution in [1.29, 1.82) is 0 Å². The number of amides is 4. The van der Waals surface area contributed by atoms with Gasteiger partial charge in [0.05, 0.1) is 5.97 Å². The highest BCUT2D eigenvalue weighted by atomic mass is 16.4. The van der Waals surface area contributed by atoms with Gasteiger partial charge in [0.1, 0.15) is 18.4 Å². The van der Waals surface area contributed by atoms with Crippen molar-refractivity contribution in [1.82, 2.24) is 20.9 Å². The van der Waals surface area contributed by atoms with Crippen LogP contribution in [0.25, 0.3) is 0 Å². The zero-order valence-electron chi connectivity index (χ0n) is 9.64. The van der Waals surface area contributed by atoms with E-state index in [0.29, 0.717) is 19.4 Å². The van der Waals surface area contributed by atoms with Crippen LogP contribution in [-0.2, 0) is 4.79 Å². The van der Waals surface area contributed by atoms with E-state index in [4.69, 9.17) is 0 Å². The molecule has 2 fully saturated rings. The fraction of sp³-hybridized carbons (Fsp3) is 0.667. The number of hydrogen-bond donors (Lipinski definition) is 4. The SMILES string of the molecule is [NH3+][C@@H](CCCN1C(=O)N[C@@H]2NC(=O)N[C@H]21)C(=O)[O-]. The molecule has 0 aliphatic carbocycles. The van der Waals surface area contributed by atoms with Crippen molar-refractivity contribution in [3.8, 4) is 0 Å². The molecular weight excluding hydrogens is 242 g/mol. The van der Waals surface area contributed by atoms with Crippen molar-refractivity contribution in [2.45, 2.75) is 31.2 Å². The maximum atomic E-state index is 11.6. The van der Waals surface area contributed by atoms with Gasteiger partial charge < -0.3 is 36.5 Å². The molecule has 9 heteroatoms. The van der Waals surface area contributed by atoms with Crippen LogP contribution in [0.1, 0.15) is 12.8 Å². The molecular formula is C9H15N5O4. The van der Waals surface area contributed by atoms with Crippen LogP contribution in [0.15, 0.2) is 0 Å². The fourth-order valence-electron chi connectivity index (χ4n) is 2.06. The average Bonchev–Trinajstić information content (AvgIpc) is 2.76. The Balaban J connectivity index is 1.83. The van der Waals surface area contributed by atoms with Gasteiger partial charge in [-0.05, 0) is 6.42 Å². The third kappa shape index (κ3) is 2.30. The monoisotopic (exact) mass is 257 g/mol. The van der Waals surface area contributed by atoms with Crippen LogP contribution in [-0.4, -0.2) is 47.8 Å². The summed E-state index contributed by atoms with van der Waals surface area (Å²) in [5, 5.41) is 18.2. The highest BCUT2D eigenvalue weighted by Gasteiger charge is 2.44. The number of nitrogens with one attached hydrogen (secondary N) is 3. The Morgan fingerprint density at radius 3 is 2.78 bits per heavy atom. The van der Waals surface area contributed by atoms with E-state index in [-0.39, 0.29) is 12.1 Å². The van der Waals surface area contributed by atoms with E-state index in [1.54, 1.807) is 0 Å². The van der Waals surface area contributed by atoms with Crippen molar-refractivity contribution in [2.24, 2.45) is 0 Å². The molecule has 0 saturated carbocycles. The Bertz CT molecular complexity index is 387. The van der Waals surface area contributed by atoms with Crippen molar-refractivity contribution in [2.75, 3.05) is 6.54 Å². The molecule has 0 aromatic heterocycles. The first-order valence-corrected chi connectivity index (χ1v) is 5.67. The smallest absolute Gasteiger partial charge is 0.320 e. The summed E-state index contributed by atoms with van der Waals surface area (Å²) in [6.07, 6.45) is -0.0441. The minimum absolute atomic E-state index is 0.286. The zero-order chi connectivity index (χ0) is 13.3. The molecule has 0 aromatic rings. The molecule has 4 amide bonds. The van der Waals surface area contributed by atoms with Crippen LogP contribution >= 0.6 is 0 Å². The number of carboxylic acids is 1. The standard InChI is InChI=1S/C9H15N5O4/c10-4(7(15)16)2-1-3-14-6-5(12-9(14)18)11-8(17)13-6/h4-6H,1-3,10H2,(H,12,18)(H,15,16)(H2,11,13,17)/t4-,5-,6-/m0/s1. The highest BCUT2D eigenvalue weighted by Crippen LogP contribution is 2.14. The maximum absolute atomic E-state index is 11.6. The van der Waals surface area contributed by atoms with Crippen LogP contribution in [0.4, 0.5) is 9.59 Å². The van der Waals surface area contributed by atoms with Gasteiger partial charge in [0, 0.05) is 13.0 Å². The first kappa shape index (κ1) is 12.4. The summed E-state index contributed by atoms with van der Waals surface area (Å²) in [6, 6.07) is -1.41. The van der Waals surface area contributed by atoms with Gasteiger partial charge in [0.2, 0.25) is 0 Å².